The van der Waals surface area contributed by atoms with Crippen molar-refractivity contribution in [2.24, 2.45) is 0 Å². The third-order valence-corrected chi connectivity index (χ3v) is 3.31. The molecule has 1 atom stereocenters. The molecule has 0 aliphatic heterocycles. The number of hydrogen-bond donors (Lipinski definition) is 2. The minimum atomic E-state index is -0.695. The summed E-state index contributed by atoms with van der Waals surface area (Å²) in [4.78, 5) is 4.59. The number of benzene rings is 1. The van der Waals surface area contributed by atoms with Gasteiger partial charge < -0.3 is 10.4 Å². The van der Waals surface area contributed by atoms with E-state index in [0.29, 0.717) is 13.0 Å². The predicted octanol–water partition coefficient (Wildman–Crippen LogP) is 3.12. The molecule has 3 heteroatoms. The molecule has 2 rings (SSSR count). The monoisotopic (exact) mass is 244 g/mol. The molecule has 0 aliphatic carbocycles. The van der Waals surface area contributed by atoms with Gasteiger partial charge in [0.05, 0.1) is 11.1 Å². The number of aliphatic hydroxyl groups is 1. The first-order valence-electron chi connectivity index (χ1n) is 6.34. The summed E-state index contributed by atoms with van der Waals surface area (Å²) >= 11 is 0. The fourth-order valence-corrected chi connectivity index (χ4v) is 1.80. The van der Waals surface area contributed by atoms with Crippen molar-refractivity contribution in [2.45, 2.75) is 32.8 Å². The van der Waals surface area contributed by atoms with E-state index in [9.17, 15) is 5.11 Å². The number of fused-ring (bicyclic) bond motifs is 1. The fraction of sp³-hybridized carbons (Fsp3) is 0.400. The van der Waals surface area contributed by atoms with Gasteiger partial charge in [0, 0.05) is 11.9 Å². The summed E-state index contributed by atoms with van der Waals surface area (Å²) in [5.74, 6) is 0.849. The predicted molar refractivity (Wildman–Crippen MR) is 75.9 cm³/mol. The van der Waals surface area contributed by atoms with Crippen LogP contribution >= 0.6 is 0 Å². The van der Waals surface area contributed by atoms with Crippen LogP contribution in [0, 0.1) is 6.92 Å². The molecule has 1 heterocycles. The van der Waals surface area contributed by atoms with Gasteiger partial charge in [0.1, 0.15) is 5.82 Å². The third kappa shape index (κ3) is 2.79. The Hall–Kier alpha value is -1.61. The van der Waals surface area contributed by atoms with Crippen molar-refractivity contribution in [2.75, 3.05) is 11.9 Å². The first-order valence-corrected chi connectivity index (χ1v) is 6.34. The fourth-order valence-electron chi connectivity index (χ4n) is 1.80. The normalized spacial score (nSPS) is 14.4. The summed E-state index contributed by atoms with van der Waals surface area (Å²) in [6, 6.07) is 10.2. The lowest BCUT2D eigenvalue weighted by atomic mass is 10.0. The van der Waals surface area contributed by atoms with Crippen LogP contribution in [0.2, 0.25) is 0 Å². The van der Waals surface area contributed by atoms with Gasteiger partial charge in [0.2, 0.25) is 0 Å². The number of rotatable bonds is 4. The highest BCUT2D eigenvalue weighted by Crippen LogP contribution is 2.20. The highest BCUT2D eigenvalue weighted by molar-refractivity contribution is 5.81. The van der Waals surface area contributed by atoms with Crippen LogP contribution in [0.1, 0.15) is 25.8 Å². The lowest BCUT2D eigenvalue weighted by molar-refractivity contribution is 0.0696. The van der Waals surface area contributed by atoms with E-state index >= 15 is 0 Å². The topological polar surface area (TPSA) is 45.1 Å². The minimum absolute atomic E-state index is 0.510. The molecule has 1 aromatic heterocycles. The maximum Gasteiger partial charge on any atom is 0.129 e. The Morgan fingerprint density at radius 2 is 2.06 bits per heavy atom. The highest BCUT2D eigenvalue weighted by atomic mass is 16.3. The summed E-state index contributed by atoms with van der Waals surface area (Å²) in [5, 5.41) is 14.4. The van der Waals surface area contributed by atoms with Gasteiger partial charge in [-0.25, -0.2) is 4.98 Å². The lowest BCUT2D eigenvalue weighted by Gasteiger charge is -2.22. The molecule has 18 heavy (non-hydrogen) atoms. The highest BCUT2D eigenvalue weighted by Gasteiger charge is 2.17. The van der Waals surface area contributed by atoms with E-state index in [1.165, 1.54) is 0 Å². The molecule has 0 radical (unpaired) electrons. The Bertz CT molecular complexity index is 549. The van der Waals surface area contributed by atoms with Gasteiger partial charge in [-0.1, -0.05) is 25.1 Å². The van der Waals surface area contributed by atoms with Gasteiger partial charge in [-0.2, -0.15) is 0 Å². The third-order valence-electron chi connectivity index (χ3n) is 3.31. The Labute approximate surface area is 108 Å². The maximum absolute atomic E-state index is 10.00. The molecule has 2 aromatic rings. The zero-order chi connectivity index (χ0) is 13.2. The SMILES string of the molecule is CCC(C)(O)CNc1nc2ccccc2cc1C. The van der Waals surface area contributed by atoms with Gasteiger partial charge in [-0.3, -0.25) is 0 Å². The summed E-state index contributed by atoms with van der Waals surface area (Å²) in [5.41, 5.74) is 1.38. The number of aromatic nitrogens is 1. The standard InChI is InChI=1S/C15H20N2O/c1-4-15(3,18)10-16-14-11(2)9-12-7-5-6-8-13(12)17-14/h5-9,18H,4,10H2,1-3H3,(H,16,17). The van der Waals surface area contributed by atoms with E-state index in [2.05, 4.69) is 22.4 Å². The molecule has 1 unspecified atom stereocenters. The van der Waals surface area contributed by atoms with Crippen molar-refractivity contribution in [3.8, 4) is 0 Å². The van der Waals surface area contributed by atoms with Crippen LogP contribution in [0.3, 0.4) is 0 Å². The van der Waals surface area contributed by atoms with E-state index in [1.807, 2.05) is 39.0 Å². The van der Waals surface area contributed by atoms with Crippen molar-refractivity contribution < 1.29 is 5.11 Å². The van der Waals surface area contributed by atoms with Crippen molar-refractivity contribution in [3.63, 3.8) is 0 Å². The molecule has 0 amide bonds. The Morgan fingerprint density at radius 3 is 2.78 bits per heavy atom. The summed E-state index contributed by atoms with van der Waals surface area (Å²) in [6.07, 6.45) is 0.715. The first-order chi connectivity index (χ1) is 8.52. The smallest absolute Gasteiger partial charge is 0.129 e. The number of aryl methyl sites for hydroxylation is 1. The largest absolute Gasteiger partial charge is 0.388 e. The van der Waals surface area contributed by atoms with Crippen LogP contribution in [-0.4, -0.2) is 22.2 Å². The second-order valence-corrected chi connectivity index (χ2v) is 5.05. The minimum Gasteiger partial charge on any atom is -0.388 e. The number of hydrogen-bond acceptors (Lipinski definition) is 3. The molecular weight excluding hydrogens is 224 g/mol. The molecular formula is C15H20N2O. The van der Waals surface area contributed by atoms with Crippen LogP contribution in [0.25, 0.3) is 10.9 Å². The second-order valence-electron chi connectivity index (χ2n) is 5.05. The van der Waals surface area contributed by atoms with E-state index in [-0.39, 0.29) is 0 Å². The number of nitrogens with zero attached hydrogens (tertiary/aromatic N) is 1. The molecule has 0 bridgehead atoms. The molecule has 2 N–H and O–H groups in total. The van der Waals surface area contributed by atoms with Crippen molar-refractivity contribution in [1.29, 1.82) is 0 Å². The van der Waals surface area contributed by atoms with Gasteiger partial charge in [-0.15, -0.1) is 0 Å². The zero-order valence-corrected chi connectivity index (χ0v) is 11.2. The molecule has 1 aromatic carbocycles. The van der Waals surface area contributed by atoms with Crippen molar-refractivity contribution in [3.05, 3.63) is 35.9 Å². The van der Waals surface area contributed by atoms with Crippen molar-refractivity contribution >= 4 is 16.7 Å². The Balaban J connectivity index is 2.25. The van der Waals surface area contributed by atoms with Gasteiger partial charge in [0.15, 0.2) is 0 Å². The number of pyridine rings is 1. The maximum atomic E-state index is 10.00. The molecule has 96 valence electrons. The van der Waals surface area contributed by atoms with Gasteiger partial charge in [0.25, 0.3) is 0 Å². The van der Waals surface area contributed by atoms with E-state index in [4.69, 9.17) is 0 Å². The molecule has 3 nitrogen and oxygen atoms in total. The average molecular weight is 244 g/mol. The Morgan fingerprint density at radius 1 is 1.33 bits per heavy atom. The second kappa shape index (κ2) is 4.94. The molecule has 0 spiro atoms. The van der Waals surface area contributed by atoms with Crippen LogP contribution in [0.4, 0.5) is 5.82 Å². The number of para-hydroxylation sites is 1. The summed E-state index contributed by atoms with van der Waals surface area (Å²) in [7, 11) is 0. The quantitative estimate of drug-likeness (QED) is 0.868. The van der Waals surface area contributed by atoms with E-state index in [1.54, 1.807) is 0 Å². The first kappa shape index (κ1) is 12.8. The molecule has 0 saturated heterocycles. The summed E-state index contributed by atoms with van der Waals surface area (Å²) in [6.45, 7) is 6.34. The number of nitrogens with one attached hydrogen (secondary N) is 1. The zero-order valence-electron chi connectivity index (χ0n) is 11.2. The van der Waals surface area contributed by atoms with Crippen molar-refractivity contribution in [1.82, 2.24) is 4.98 Å². The lowest BCUT2D eigenvalue weighted by Crippen LogP contribution is -2.32. The Kier molecular flexibility index (Phi) is 3.53. The van der Waals surface area contributed by atoms with E-state index in [0.717, 1.165) is 22.3 Å². The van der Waals surface area contributed by atoms with Crippen LogP contribution in [0.5, 0.6) is 0 Å². The van der Waals surface area contributed by atoms with Crippen LogP contribution in [-0.2, 0) is 0 Å². The van der Waals surface area contributed by atoms with E-state index < -0.39 is 5.60 Å². The molecule has 0 aliphatic rings. The number of anilines is 1. The van der Waals surface area contributed by atoms with Crippen LogP contribution in [0.15, 0.2) is 30.3 Å². The van der Waals surface area contributed by atoms with Crippen LogP contribution < -0.4 is 5.32 Å². The molecule has 0 saturated carbocycles. The average Bonchev–Trinajstić information content (AvgIpc) is 2.36. The van der Waals surface area contributed by atoms with Gasteiger partial charge >= 0.3 is 0 Å². The molecule has 0 fully saturated rings. The summed E-state index contributed by atoms with van der Waals surface area (Å²) < 4.78 is 0. The van der Waals surface area contributed by atoms with Gasteiger partial charge in [-0.05, 0) is 38.0 Å².